The fourth-order valence-electron chi connectivity index (χ4n) is 2.87. The lowest BCUT2D eigenvalue weighted by Gasteiger charge is -2.09. The maximum Gasteiger partial charge on any atom is 0.228 e. The highest BCUT2D eigenvalue weighted by Crippen LogP contribution is 2.32. The molecule has 0 radical (unpaired) electrons. The minimum Gasteiger partial charge on any atom is -0.314 e. The number of benzene rings is 3. The van der Waals surface area contributed by atoms with Crippen molar-refractivity contribution in [3.63, 3.8) is 0 Å². The average molecular weight is 448 g/mol. The van der Waals surface area contributed by atoms with Crippen molar-refractivity contribution in [1.82, 2.24) is 9.55 Å². The highest BCUT2D eigenvalue weighted by Gasteiger charge is 2.19. The summed E-state index contributed by atoms with van der Waals surface area (Å²) in [5, 5.41) is 1.76. The van der Waals surface area contributed by atoms with Crippen LogP contribution in [0.4, 0.5) is 0 Å². The molecule has 3 nitrogen and oxygen atoms in total. The van der Waals surface area contributed by atoms with E-state index < -0.39 is 0 Å². The Hall–Kier alpha value is -1.98. The van der Waals surface area contributed by atoms with Crippen LogP contribution in [0.25, 0.3) is 11.0 Å². The number of carbonyl (C=O) groups excluding carboxylic acids is 1. The van der Waals surface area contributed by atoms with Crippen LogP contribution in [-0.4, -0.2) is 14.7 Å². The van der Waals surface area contributed by atoms with Crippen molar-refractivity contribution in [1.29, 1.82) is 0 Å². The molecule has 0 atom stereocenters. The van der Waals surface area contributed by atoms with Crippen molar-refractivity contribution >= 4 is 62.7 Å². The molecule has 0 aliphatic heterocycles. The van der Waals surface area contributed by atoms with Gasteiger partial charge in [0.05, 0.1) is 22.6 Å². The Morgan fingerprint density at radius 1 is 0.929 bits per heavy atom. The number of hydrogen-bond acceptors (Lipinski definition) is 3. The Kier molecular flexibility index (Phi) is 5.65. The summed E-state index contributed by atoms with van der Waals surface area (Å²) < 4.78 is 2.00. The Morgan fingerprint density at radius 3 is 2.43 bits per heavy atom. The average Bonchev–Trinajstić information content (AvgIpc) is 3.00. The minimum atomic E-state index is -0.219. The maximum absolute atomic E-state index is 12.9. The summed E-state index contributed by atoms with van der Waals surface area (Å²) in [6.45, 7) is 0.581. The van der Waals surface area contributed by atoms with E-state index in [1.165, 1.54) is 0 Å². The van der Waals surface area contributed by atoms with Crippen molar-refractivity contribution in [2.75, 3.05) is 0 Å². The van der Waals surface area contributed by atoms with Crippen LogP contribution in [0, 0.1) is 0 Å². The summed E-state index contributed by atoms with van der Waals surface area (Å²) >= 11 is 19.4. The predicted molar refractivity (Wildman–Crippen MR) is 117 cm³/mol. The predicted octanol–water partition coefficient (Wildman–Crippen LogP) is 6.98. The second-order valence-corrected chi connectivity index (χ2v) is 8.33. The molecule has 0 amide bonds. The van der Waals surface area contributed by atoms with Gasteiger partial charge in [-0.3, -0.25) is 4.79 Å². The smallest absolute Gasteiger partial charge is 0.228 e. The van der Waals surface area contributed by atoms with Crippen LogP contribution in [0.2, 0.25) is 15.1 Å². The monoisotopic (exact) mass is 446 g/mol. The van der Waals surface area contributed by atoms with E-state index in [9.17, 15) is 4.79 Å². The van der Waals surface area contributed by atoms with Crippen LogP contribution in [0.5, 0.6) is 0 Å². The van der Waals surface area contributed by atoms with E-state index >= 15 is 0 Å². The second-order valence-electron chi connectivity index (χ2n) is 6.11. The highest BCUT2D eigenvalue weighted by atomic mass is 35.5. The summed E-state index contributed by atoms with van der Waals surface area (Å²) in [6, 6.07) is 20.4. The number of rotatable bonds is 4. The lowest BCUT2D eigenvalue weighted by Crippen LogP contribution is -2.04. The largest absolute Gasteiger partial charge is 0.314 e. The molecular weight excluding hydrogens is 435 g/mol. The number of carbonyl (C=O) groups is 1. The SMILES string of the molecule is O=C(Sc1nc2cc(Cl)ccc2n1Cc1ccccc1)c1cc(Cl)ccc1Cl. The zero-order valence-electron chi connectivity index (χ0n) is 14.4. The standard InChI is InChI=1S/C21H13Cl3N2OS/c22-14-6-8-17(24)16(10-14)20(27)28-21-25-18-11-15(23)7-9-19(18)26(21)12-13-4-2-1-3-5-13/h1-11H,12H2. The van der Waals surface area contributed by atoms with Crippen LogP contribution in [-0.2, 0) is 6.54 Å². The van der Waals surface area contributed by atoms with Crippen molar-refractivity contribution in [3.8, 4) is 0 Å². The highest BCUT2D eigenvalue weighted by molar-refractivity contribution is 8.14. The van der Waals surface area contributed by atoms with Crippen molar-refractivity contribution in [2.45, 2.75) is 11.7 Å². The number of imidazole rings is 1. The Morgan fingerprint density at radius 2 is 1.64 bits per heavy atom. The number of nitrogens with zero attached hydrogens (tertiary/aromatic N) is 2. The van der Waals surface area contributed by atoms with Crippen LogP contribution >= 0.6 is 46.6 Å². The number of halogens is 3. The zero-order valence-corrected chi connectivity index (χ0v) is 17.5. The molecule has 0 aliphatic carbocycles. The van der Waals surface area contributed by atoms with Crippen LogP contribution in [0.15, 0.2) is 71.9 Å². The molecule has 0 spiro atoms. The summed E-state index contributed by atoms with van der Waals surface area (Å²) in [5.74, 6) is 0. The molecule has 0 fully saturated rings. The lowest BCUT2D eigenvalue weighted by atomic mass is 10.2. The van der Waals surface area contributed by atoms with Gasteiger partial charge in [0.1, 0.15) is 0 Å². The first-order chi connectivity index (χ1) is 13.5. The Balaban J connectivity index is 1.76. The molecule has 7 heteroatoms. The summed E-state index contributed by atoms with van der Waals surface area (Å²) in [7, 11) is 0. The summed E-state index contributed by atoms with van der Waals surface area (Å²) in [6.07, 6.45) is 0. The minimum absolute atomic E-state index is 0.219. The molecule has 1 heterocycles. The molecule has 1 aromatic heterocycles. The molecule has 4 rings (SSSR count). The van der Waals surface area contributed by atoms with Gasteiger partial charge in [-0.1, -0.05) is 65.1 Å². The van der Waals surface area contributed by atoms with Gasteiger partial charge < -0.3 is 4.57 Å². The molecule has 0 unspecified atom stereocenters. The Bertz CT molecular complexity index is 1180. The van der Waals surface area contributed by atoms with E-state index in [4.69, 9.17) is 34.8 Å². The third kappa shape index (κ3) is 4.06. The molecular formula is C21H13Cl3N2OS. The van der Waals surface area contributed by atoms with E-state index in [0.29, 0.717) is 32.3 Å². The third-order valence-corrected chi connectivity index (χ3v) is 5.89. The first-order valence-corrected chi connectivity index (χ1v) is 10.3. The van der Waals surface area contributed by atoms with Crippen LogP contribution in [0.1, 0.15) is 15.9 Å². The molecule has 140 valence electrons. The normalized spacial score (nSPS) is 11.1. The van der Waals surface area contributed by atoms with Crippen molar-refractivity contribution in [2.24, 2.45) is 0 Å². The molecule has 3 aromatic carbocycles. The van der Waals surface area contributed by atoms with E-state index in [1.54, 1.807) is 24.3 Å². The third-order valence-electron chi connectivity index (χ3n) is 4.19. The topological polar surface area (TPSA) is 34.9 Å². The number of fused-ring (bicyclic) bond motifs is 1. The molecule has 0 saturated carbocycles. The van der Waals surface area contributed by atoms with Crippen LogP contribution < -0.4 is 0 Å². The molecule has 0 bridgehead atoms. The van der Waals surface area contributed by atoms with E-state index in [-0.39, 0.29) is 5.12 Å². The van der Waals surface area contributed by atoms with Crippen LogP contribution in [0.3, 0.4) is 0 Å². The van der Waals surface area contributed by atoms with Gasteiger partial charge >= 0.3 is 0 Å². The van der Waals surface area contributed by atoms with Crippen molar-refractivity contribution < 1.29 is 4.79 Å². The first-order valence-electron chi connectivity index (χ1n) is 8.38. The Labute approximate surface area is 181 Å². The van der Waals surface area contributed by atoms with E-state index in [1.807, 2.05) is 47.0 Å². The quantitative estimate of drug-likeness (QED) is 0.317. The second kappa shape index (κ2) is 8.18. The van der Waals surface area contributed by atoms with Gasteiger partial charge in [-0.2, -0.15) is 0 Å². The van der Waals surface area contributed by atoms with Gasteiger partial charge in [0, 0.05) is 15.6 Å². The van der Waals surface area contributed by atoms with Gasteiger partial charge in [0.25, 0.3) is 0 Å². The first kappa shape index (κ1) is 19.3. The zero-order chi connectivity index (χ0) is 19.7. The molecule has 28 heavy (non-hydrogen) atoms. The van der Waals surface area contributed by atoms with Gasteiger partial charge in [0.15, 0.2) is 5.16 Å². The number of aromatic nitrogens is 2. The van der Waals surface area contributed by atoms with Gasteiger partial charge in [-0.25, -0.2) is 4.98 Å². The van der Waals surface area contributed by atoms with Gasteiger partial charge in [0.2, 0.25) is 5.12 Å². The molecule has 0 saturated heterocycles. The fourth-order valence-corrected chi connectivity index (χ4v) is 4.33. The van der Waals surface area contributed by atoms with Gasteiger partial charge in [-0.15, -0.1) is 0 Å². The summed E-state index contributed by atoms with van der Waals surface area (Å²) in [5.41, 5.74) is 3.10. The maximum atomic E-state index is 12.9. The van der Waals surface area contributed by atoms with E-state index in [0.717, 1.165) is 28.4 Å². The van der Waals surface area contributed by atoms with Crippen molar-refractivity contribution in [3.05, 3.63) is 92.9 Å². The van der Waals surface area contributed by atoms with Gasteiger partial charge in [-0.05, 0) is 53.7 Å². The van der Waals surface area contributed by atoms with E-state index in [2.05, 4.69) is 4.98 Å². The molecule has 0 aliphatic rings. The molecule has 4 aromatic rings. The lowest BCUT2D eigenvalue weighted by molar-refractivity contribution is 0.108. The molecule has 0 N–H and O–H groups in total. The number of thioether (sulfide) groups is 1. The fraction of sp³-hybridized carbons (Fsp3) is 0.0476. The number of hydrogen-bond donors (Lipinski definition) is 0. The summed E-state index contributed by atoms with van der Waals surface area (Å²) in [4.78, 5) is 17.5.